The highest BCUT2D eigenvalue weighted by Gasteiger charge is 2.14. The number of anilines is 2. The molecule has 1 saturated heterocycles. The van der Waals surface area contributed by atoms with Gasteiger partial charge in [0.2, 0.25) is 0 Å². The zero-order chi connectivity index (χ0) is 13.0. The summed E-state index contributed by atoms with van der Waals surface area (Å²) in [6.45, 7) is 2.00. The van der Waals surface area contributed by atoms with Crippen LogP contribution in [0, 0.1) is 0 Å². The van der Waals surface area contributed by atoms with Gasteiger partial charge in [0.25, 0.3) is 5.91 Å². The highest BCUT2D eigenvalue weighted by Crippen LogP contribution is 2.26. The number of nitrogens with one attached hydrogen (secondary N) is 1. The van der Waals surface area contributed by atoms with E-state index in [-0.39, 0.29) is 5.91 Å². The minimum Gasteiger partial charge on any atom is -0.397 e. The molecule has 0 radical (unpaired) electrons. The number of benzene rings is 1. The lowest BCUT2D eigenvalue weighted by Crippen LogP contribution is -2.27. The summed E-state index contributed by atoms with van der Waals surface area (Å²) in [5, 5.41) is 2.64. The summed E-state index contributed by atoms with van der Waals surface area (Å²) in [6, 6.07) is 5.48. The van der Waals surface area contributed by atoms with Crippen LogP contribution in [0.3, 0.4) is 0 Å². The molecule has 1 fully saturated rings. The standard InChI is InChI=1S/C13H19N3OS/c1-15-13(17)10-3-4-11(14)12(9-10)16-5-2-7-18-8-6-16/h3-4,9H,2,5-8,14H2,1H3,(H,15,17). The first-order valence-electron chi connectivity index (χ1n) is 6.16. The van der Waals surface area contributed by atoms with Gasteiger partial charge in [-0.3, -0.25) is 4.79 Å². The molecule has 0 unspecified atom stereocenters. The molecule has 5 heteroatoms. The number of nitrogen functional groups attached to an aromatic ring is 1. The van der Waals surface area contributed by atoms with Crippen LogP contribution in [0.2, 0.25) is 0 Å². The van der Waals surface area contributed by atoms with Crippen molar-refractivity contribution in [3.63, 3.8) is 0 Å². The lowest BCUT2D eigenvalue weighted by Gasteiger charge is -2.24. The first-order chi connectivity index (χ1) is 8.72. The van der Waals surface area contributed by atoms with E-state index in [0.29, 0.717) is 5.56 Å². The molecule has 0 aliphatic carbocycles. The molecule has 0 saturated carbocycles. The Balaban J connectivity index is 2.27. The van der Waals surface area contributed by atoms with Gasteiger partial charge in [-0.1, -0.05) is 0 Å². The van der Waals surface area contributed by atoms with Gasteiger partial charge in [0.1, 0.15) is 0 Å². The molecule has 4 nitrogen and oxygen atoms in total. The minimum absolute atomic E-state index is 0.0690. The van der Waals surface area contributed by atoms with E-state index in [2.05, 4.69) is 10.2 Å². The fourth-order valence-corrected chi connectivity index (χ4v) is 2.98. The van der Waals surface area contributed by atoms with Crippen molar-refractivity contribution in [3.05, 3.63) is 23.8 Å². The number of rotatable bonds is 2. The van der Waals surface area contributed by atoms with Crippen LogP contribution in [0.25, 0.3) is 0 Å². The molecule has 0 atom stereocenters. The number of hydrogen-bond donors (Lipinski definition) is 2. The Morgan fingerprint density at radius 3 is 3.00 bits per heavy atom. The Labute approximate surface area is 112 Å². The molecule has 1 aliphatic rings. The summed E-state index contributed by atoms with van der Waals surface area (Å²) in [7, 11) is 1.64. The molecule has 3 N–H and O–H groups in total. The molecule has 0 spiro atoms. The lowest BCUT2D eigenvalue weighted by molar-refractivity contribution is 0.0963. The van der Waals surface area contributed by atoms with E-state index >= 15 is 0 Å². The van der Waals surface area contributed by atoms with E-state index in [4.69, 9.17) is 5.73 Å². The predicted molar refractivity (Wildman–Crippen MR) is 78.4 cm³/mol. The Morgan fingerprint density at radius 1 is 1.39 bits per heavy atom. The van der Waals surface area contributed by atoms with Crippen LogP contribution in [0.15, 0.2) is 18.2 Å². The summed E-state index contributed by atoms with van der Waals surface area (Å²) in [6.07, 6.45) is 1.16. The van der Waals surface area contributed by atoms with Crippen molar-refractivity contribution in [2.75, 3.05) is 42.3 Å². The van der Waals surface area contributed by atoms with E-state index < -0.39 is 0 Å². The maximum Gasteiger partial charge on any atom is 0.251 e. The Hall–Kier alpha value is -1.36. The average Bonchev–Trinajstić information content (AvgIpc) is 2.67. The van der Waals surface area contributed by atoms with Crippen LogP contribution in [0.1, 0.15) is 16.8 Å². The van der Waals surface area contributed by atoms with Gasteiger partial charge < -0.3 is 16.0 Å². The molecule has 1 amide bonds. The molecule has 0 aromatic heterocycles. The third kappa shape index (κ3) is 2.90. The van der Waals surface area contributed by atoms with Crippen LogP contribution >= 0.6 is 11.8 Å². The Kier molecular flexibility index (Phi) is 4.36. The van der Waals surface area contributed by atoms with Crippen molar-refractivity contribution in [1.82, 2.24) is 5.32 Å². The third-order valence-electron chi connectivity index (χ3n) is 3.08. The van der Waals surface area contributed by atoms with E-state index in [1.54, 1.807) is 13.1 Å². The van der Waals surface area contributed by atoms with E-state index in [1.165, 1.54) is 5.75 Å². The highest BCUT2D eigenvalue weighted by molar-refractivity contribution is 7.99. The quantitative estimate of drug-likeness (QED) is 0.797. The van der Waals surface area contributed by atoms with Crippen molar-refractivity contribution in [2.45, 2.75) is 6.42 Å². The number of hydrogen-bond acceptors (Lipinski definition) is 4. The minimum atomic E-state index is -0.0690. The second kappa shape index (κ2) is 6.00. The van der Waals surface area contributed by atoms with Gasteiger partial charge in [-0.2, -0.15) is 11.8 Å². The summed E-state index contributed by atoms with van der Waals surface area (Å²) in [4.78, 5) is 13.9. The second-order valence-corrected chi connectivity index (χ2v) is 5.53. The number of thioether (sulfide) groups is 1. The fourth-order valence-electron chi connectivity index (χ4n) is 2.09. The summed E-state index contributed by atoms with van der Waals surface area (Å²) >= 11 is 1.97. The van der Waals surface area contributed by atoms with Crippen molar-refractivity contribution >= 4 is 29.0 Å². The number of nitrogens with two attached hydrogens (primary N) is 1. The maximum absolute atomic E-state index is 11.7. The Morgan fingerprint density at radius 2 is 2.22 bits per heavy atom. The number of carbonyl (C=O) groups is 1. The molecular weight excluding hydrogens is 246 g/mol. The monoisotopic (exact) mass is 265 g/mol. The van der Waals surface area contributed by atoms with Gasteiger partial charge in [-0.15, -0.1) is 0 Å². The molecule has 1 aliphatic heterocycles. The molecule has 98 valence electrons. The van der Waals surface area contributed by atoms with Crippen LogP contribution < -0.4 is 16.0 Å². The zero-order valence-corrected chi connectivity index (χ0v) is 11.4. The second-order valence-electron chi connectivity index (χ2n) is 4.31. The lowest BCUT2D eigenvalue weighted by atomic mass is 10.1. The molecule has 2 rings (SSSR count). The first-order valence-corrected chi connectivity index (χ1v) is 7.32. The van der Waals surface area contributed by atoms with Gasteiger partial charge in [-0.05, 0) is 30.4 Å². The van der Waals surface area contributed by atoms with Gasteiger partial charge in [-0.25, -0.2) is 0 Å². The number of nitrogens with zero attached hydrogens (tertiary/aromatic N) is 1. The van der Waals surface area contributed by atoms with Crippen molar-refractivity contribution in [1.29, 1.82) is 0 Å². The van der Waals surface area contributed by atoms with Gasteiger partial charge in [0, 0.05) is 31.5 Å². The van der Waals surface area contributed by atoms with Crippen LogP contribution in [0.4, 0.5) is 11.4 Å². The molecule has 1 aromatic rings. The molecule has 1 aromatic carbocycles. The van der Waals surface area contributed by atoms with Gasteiger partial charge >= 0.3 is 0 Å². The van der Waals surface area contributed by atoms with Gasteiger partial charge in [0.15, 0.2) is 0 Å². The smallest absolute Gasteiger partial charge is 0.251 e. The normalized spacial score (nSPS) is 16.2. The maximum atomic E-state index is 11.7. The van der Waals surface area contributed by atoms with E-state index in [9.17, 15) is 4.79 Å². The van der Waals surface area contributed by atoms with Crippen LogP contribution in [-0.4, -0.2) is 37.6 Å². The van der Waals surface area contributed by atoms with E-state index in [1.807, 2.05) is 23.9 Å². The van der Waals surface area contributed by atoms with E-state index in [0.717, 1.165) is 36.6 Å². The SMILES string of the molecule is CNC(=O)c1ccc(N)c(N2CCCSCC2)c1. The summed E-state index contributed by atoms with van der Waals surface area (Å²) < 4.78 is 0. The van der Waals surface area contributed by atoms with Crippen molar-refractivity contribution in [3.8, 4) is 0 Å². The van der Waals surface area contributed by atoms with Gasteiger partial charge in [0.05, 0.1) is 11.4 Å². The summed E-state index contributed by atoms with van der Waals surface area (Å²) in [5.74, 6) is 2.25. The first kappa shape index (κ1) is 13.1. The number of carbonyl (C=O) groups excluding carboxylic acids is 1. The third-order valence-corrected chi connectivity index (χ3v) is 4.13. The molecule has 0 bridgehead atoms. The number of amides is 1. The highest BCUT2D eigenvalue weighted by atomic mass is 32.2. The molecular formula is C13H19N3OS. The molecule has 18 heavy (non-hydrogen) atoms. The van der Waals surface area contributed by atoms with Crippen molar-refractivity contribution in [2.24, 2.45) is 0 Å². The zero-order valence-electron chi connectivity index (χ0n) is 10.6. The fraction of sp³-hybridized carbons (Fsp3) is 0.462. The van der Waals surface area contributed by atoms with Crippen LogP contribution in [0.5, 0.6) is 0 Å². The topological polar surface area (TPSA) is 58.4 Å². The van der Waals surface area contributed by atoms with Crippen molar-refractivity contribution < 1.29 is 4.79 Å². The largest absolute Gasteiger partial charge is 0.397 e. The van der Waals surface area contributed by atoms with Crippen LogP contribution in [-0.2, 0) is 0 Å². The summed E-state index contributed by atoms with van der Waals surface area (Å²) in [5.41, 5.74) is 8.43. The predicted octanol–water partition coefficient (Wildman–Crippen LogP) is 1.57. The Bertz CT molecular complexity index is 428. The molecule has 1 heterocycles. The average molecular weight is 265 g/mol.